The fourth-order valence-corrected chi connectivity index (χ4v) is 4.32. The number of aromatic nitrogens is 3. The van der Waals surface area contributed by atoms with E-state index in [0.717, 1.165) is 16.5 Å². The van der Waals surface area contributed by atoms with E-state index in [1.165, 1.54) is 12.5 Å². The Hall–Kier alpha value is -3.84. The number of carboxylic acids is 1. The van der Waals surface area contributed by atoms with Gasteiger partial charge in [0.1, 0.15) is 18.1 Å². The highest BCUT2D eigenvalue weighted by Crippen LogP contribution is 2.19. The second kappa shape index (κ2) is 13.8. The molecule has 39 heavy (non-hydrogen) atoms. The number of carbonyl (C=O) groups is 4. The van der Waals surface area contributed by atoms with Gasteiger partial charge in [-0.3, -0.25) is 14.4 Å². The number of rotatable bonds is 14. The van der Waals surface area contributed by atoms with Crippen LogP contribution in [0.5, 0.6) is 0 Å². The zero-order valence-electron chi connectivity index (χ0n) is 21.8. The van der Waals surface area contributed by atoms with Gasteiger partial charge in [-0.05, 0) is 24.0 Å². The Bertz CT molecular complexity index is 1280. The third-order valence-electron chi connectivity index (χ3n) is 6.20. The smallest absolute Gasteiger partial charge is 0.326 e. The Morgan fingerprint density at radius 3 is 2.23 bits per heavy atom. The van der Waals surface area contributed by atoms with Gasteiger partial charge in [-0.25, -0.2) is 9.78 Å². The number of carbonyl (C=O) groups excluding carboxylic acids is 3. The number of para-hydroxylation sites is 1. The Morgan fingerprint density at radius 1 is 0.974 bits per heavy atom. The minimum absolute atomic E-state index is 0.0128. The molecular weight excluding hydrogens is 522 g/mol. The van der Waals surface area contributed by atoms with E-state index in [4.69, 9.17) is 5.73 Å². The van der Waals surface area contributed by atoms with Gasteiger partial charge in [0.05, 0.1) is 12.4 Å². The molecule has 4 unspecified atom stereocenters. The van der Waals surface area contributed by atoms with E-state index in [9.17, 15) is 24.3 Å². The zero-order chi connectivity index (χ0) is 28.5. The molecule has 0 fully saturated rings. The number of benzene rings is 1. The van der Waals surface area contributed by atoms with Crippen LogP contribution >= 0.6 is 12.6 Å². The maximum Gasteiger partial charge on any atom is 0.326 e. The van der Waals surface area contributed by atoms with E-state index in [1.807, 2.05) is 38.1 Å². The Labute approximate surface area is 231 Å². The molecule has 8 N–H and O–H groups in total. The molecule has 2 aromatic heterocycles. The number of imidazole rings is 1. The van der Waals surface area contributed by atoms with Crippen molar-refractivity contribution in [2.24, 2.45) is 11.7 Å². The topological polar surface area (TPSA) is 195 Å². The van der Waals surface area contributed by atoms with Crippen LogP contribution in [0, 0.1) is 5.92 Å². The number of amides is 3. The quantitative estimate of drug-likeness (QED) is 0.132. The van der Waals surface area contributed by atoms with Crippen molar-refractivity contribution < 1.29 is 24.3 Å². The van der Waals surface area contributed by atoms with Crippen LogP contribution in [0.2, 0.25) is 0 Å². The van der Waals surface area contributed by atoms with Crippen LogP contribution in [0.4, 0.5) is 0 Å². The van der Waals surface area contributed by atoms with E-state index >= 15 is 0 Å². The number of carboxylic acid groups (broad SMARTS) is 1. The first kappa shape index (κ1) is 29.7. The highest BCUT2D eigenvalue weighted by Gasteiger charge is 2.31. The van der Waals surface area contributed by atoms with Crippen molar-refractivity contribution in [3.05, 3.63) is 54.2 Å². The van der Waals surface area contributed by atoms with Gasteiger partial charge in [0.25, 0.3) is 0 Å². The first-order valence-electron chi connectivity index (χ1n) is 12.6. The van der Waals surface area contributed by atoms with Crippen molar-refractivity contribution in [2.75, 3.05) is 5.75 Å². The summed E-state index contributed by atoms with van der Waals surface area (Å²) < 4.78 is 0. The molecule has 2 heterocycles. The maximum absolute atomic E-state index is 13.6. The average Bonchev–Trinajstić information content (AvgIpc) is 3.56. The molecule has 3 amide bonds. The molecule has 210 valence electrons. The summed E-state index contributed by atoms with van der Waals surface area (Å²) in [6, 6.07) is 3.24. The molecule has 0 aliphatic rings. The van der Waals surface area contributed by atoms with E-state index in [1.54, 1.807) is 6.20 Å². The van der Waals surface area contributed by atoms with Crippen LogP contribution in [-0.4, -0.2) is 73.7 Å². The van der Waals surface area contributed by atoms with Crippen LogP contribution in [0.25, 0.3) is 10.9 Å². The summed E-state index contributed by atoms with van der Waals surface area (Å²) >= 11 is 4.07. The van der Waals surface area contributed by atoms with Crippen molar-refractivity contribution >= 4 is 47.2 Å². The first-order chi connectivity index (χ1) is 18.6. The normalized spacial score (nSPS) is 14.4. The van der Waals surface area contributed by atoms with Gasteiger partial charge >= 0.3 is 5.97 Å². The molecule has 0 bridgehead atoms. The van der Waals surface area contributed by atoms with Crippen molar-refractivity contribution in [1.29, 1.82) is 0 Å². The summed E-state index contributed by atoms with van der Waals surface area (Å²) in [5.41, 5.74) is 8.04. The Morgan fingerprint density at radius 2 is 1.62 bits per heavy atom. The summed E-state index contributed by atoms with van der Waals surface area (Å²) in [6.07, 6.45) is 5.05. The number of aromatic amines is 2. The van der Waals surface area contributed by atoms with Gasteiger partial charge in [-0.2, -0.15) is 12.6 Å². The lowest BCUT2D eigenvalue weighted by Gasteiger charge is -2.25. The van der Waals surface area contributed by atoms with Crippen LogP contribution < -0.4 is 21.7 Å². The van der Waals surface area contributed by atoms with Gasteiger partial charge in [0.15, 0.2) is 0 Å². The zero-order valence-corrected chi connectivity index (χ0v) is 22.7. The van der Waals surface area contributed by atoms with Gasteiger partial charge in [-0.1, -0.05) is 32.0 Å². The molecule has 0 spiro atoms. The van der Waals surface area contributed by atoms with Crippen molar-refractivity contribution in [2.45, 2.75) is 57.3 Å². The third-order valence-corrected chi connectivity index (χ3v) is 6.59. The highest BCUT2D eigenvalue weighted by atomic mass is 32.1. The molecule has 3 aromatic rings. The van der Waals surface area contributed by atoms with E-state index in [2.05, 4.69) is 43.5 Å². The molecule has 0 saturated heterocycles. The lowest BCUT2D eigenvalue weighted by Crippen LogP contribution is -2.58. The monoisotopic (exact) mass is 557 g/mol. The fraction of sp³-hybridized carbons (Fsp3) is 0.423. The van der Waals surface area contributed by atoms with Crippen LogP contribution in [-0.2, 0) is 32.0 Å². The summed E-state index contributed by atoms with van der Waals surface area (Å²) in [7, 11) is 0. The Balaban J connectivity index is 1.86. The number of hydrogen-bond acceptors (Lipinski definition) is 7. The van der Waals surface area contributed by atoms with Crippen LogP contribution in [0.15, 0.2) is 43.0 Å². The van der Waals surface area contributed by atoms with E-state index in [0.29, 0.717) is 5.69 Å². The molecule has 0 aliphatic carbocycles. The number of hydrogen-bond donors (Lipinski definition) is 8. The maximum atomic E-state index is 13.6. The number of nitrogens with one attached hydrogen (secondary N) is 5. The SMILES string of the molecule is CC(C)CC(NC(=O)C(Cc1cnc[nH]1)NC(=O)C(Cc1c[nH]c2ccccc12)NC(=O)C(N)CS)C(=O)O. The fourth-order valence-electron chi connectivity index (χ4n) is 4.15. The van der Waals surface area contributed by atoms with Gasteiger partial charge in [0, 0.05) is 47.6 Å². The van der Waals surface area contributed by atoms with E-state index < -0.39 is 47.9 Å². The molecule has 0 radical (unpaired) electrons. The predicted octanol–water partition coefficient (Wildman–Crippen LogP) is 0.518. The predicted molar refractivity (Wildman–Crippen MR) is 149 cm³/mol. The number of nitrogens with zero attached hydrogens (tertiary/aromatic N) is 1. The summed E-state index contributed by atoms with van der Waals surface area (Å²) in [4.78, 5) is 61.2. The number of fused-ring (bicyclic) bond motifs is 1. The molecular formula is C26H35N7O5S. The van der Waals surface area contributed by atoms with Crippen LogP contribution in [0.3, 0.4) is 0 Å². The minimum atomic E-state index is -1.17. The number of aliphatic carboxylic acids is 1. The van der Waals surface area contributed by atoms with Crippen molar-refractivity contribution in [1.82, 2.24) is 30.9 Å². The second-order valence-corrected chi connectivity index (χ2v) is 10.2. The molecule has 0 saturated carbocycles. The number of H-pyrrole nitrogens is 2. The van der Waals surface area contributed by atoms with Crippen molar-refractivity contribution in [3.8, 4) is 0 Å². The average molecular weight is 558 g/mol. The number of thiol groups is 1. The summed E-state index contributed by atoms with van der Waals surface area (Å²) in [5, 5.41) is 18.4. The Kier molecular flexibility index (Phi) is 10.5. The molecule has 0 aliphatic heterocycles. The highest BCUT2D eigenvalue weighted by molar-refractivity contribution is 7.80. The summed E-state index contributed by atoms with van der Waals surface area (Å²) in [5.74, 6) is -2.95. The van der Waals surface area contributed by atoms with Crippen LogP contribution in [0.1, 0.15) is 31.5 Å². The van der Waals surface area contributed by atoms with Gasteiger partial charge in [0.2, 0.25) is 17.7 Å². The second-order valence-electron chi connectivity index (χ2n) is 9.78. The van der Waals surface area contributed by atoms with Crippen molar-refractivity contribution in [3.63, 3.8) is 0 Å². The summed E-state index contributed by atoms with van der Waals surface area (Å²) in [6.45, 7) is 3.69. The van der Waals surface area contributed by atoms with Gasteiger partial charge in [-0.15, -0.1) is 0 Å². The lowest BCUT2D eigenvalue weighted by atomic mass is 10.0. The largest absolute Gasteiger partial charge is 0.480 e. The van der Waals surface area contributed by atoms with E-state index in [-0.39, 0.29) is 30.9 Å². The standard InChI is InChI=1S/C26H35N7O5S/c1-14(2)7-22(26(37)38)33-25(36)21(9-16-11-28-13-30-16)32-24(35)20(31-23(34)18(27)12-39)8-15-10-29-19-6-4-3-5-17(15)19/h3-6,10-11,13-14,18,20-22,29,39H,7-9,12,27H2,1-2H3,(H,28,30)(H,31,34)(H,32,35)(H,33,36)(H,37,38). The molecule has 1 aromatic carbocycles. The minimum Gasteiger partial charge on any atom is -0.480 e. The first-order valence-corrected chi connectivity index (χ1v) is 13.2. The number of nitrogens with two attached hydrogens (primary N) is 1. The lowest BCUT2D eigenvalue weighted by molar-refractivity contribution is -0.142. The molecule has 3 rings (SSSR count). The third kappa shape index (κ3) is 8.32. The van der Waals surface area contributed by atoms with Gasteiger partial charge < -0.3 is 36.8 Å². The molecule has 12 nitrogen and oxygen atoms in total. The molecule has 13 heteroatoms. The molecule has 4 atom stereocenters.